The molecule has 10 heteroatoms. The van der Waals surface area contributed by atoms with Gasteiger partial charge >= 0.3 is 0 Å². The number of nitrogens with zero attached hydrogens (tertiary/aromatic N) is 2. The monoisotopic (exact) mass is 580 g/mol. The van der Waals surface area contributed by atoms with Gasteiger partial charge in [0.1, 0.15) is 0 Å². The van der Waals surface area contributed by atoms with Gasteiger partial charge in [-0.2, -0.15) is 0 Å². The zero-order valence-corrected chi connectivity index (χ0v) is 24.5. The number of carbonyl (C=O) groups excluding carboxylic acids is 3. The second kappa shape index (κ2) is 12.4. The maximum absolute atomic E-state index is 12.7. The van der Waals surface area contributed by atoms with E-state index in [1.54, 1.807) is 17.6 Å². The van der Waals surface area contributed by atoms with Crippen LogP contribution in [0.15, 0.2) is 72.2 Å². The number of rotatable bonds is 10. The summed E-state index contributed by atoms with van der Waals surface area (Å²) in [7, 11) is 3.87. The Kier molecular flexibility index (Phi) is 8.46. The summed E-state index contributed by atoms with van der Waals surface area (Å²) in [5.41, 5.74) is 12.7. The van der Waals surface area contributed by atoms with Gasteiger partial charge in [0.05, 0.1) is 11.1 Å². The number of nitrogens with one attached hydrogen (secondary N) is 3. The Morgan fingerprint density at radius 3 is 2.52 bits per heavy atom. The van der Waals surface area contributed by atoms with Crippen LogP contribution < -0.4 is 16.4 Å². The van der Waals surface area contributed by atoms with Gasteiger partial charge in [0.25, 0.3) is 11.8 Å². The average Bonchev–Trinajstić information content (AvgIpc) is 3.67. The van der Waals surface area contributed by atoms with E-state index in [-0.39, 0.29) is 11.8 Å². The molecule has 0 radical (unpaired) electrons. The molecule has 0 saturated carbocycles. The van der Waals surface area contributed by atoms with E-state index in [1.165, 1.54) is 11.3 Å². The van der Waals surface area contributed by atoms with Crippen molar-refractivity contribution >= 4 is 45.6 Å². The van der Waals surface area contributed by atoms with Gasteiger partial charge in [-0.05, 0) is 61.5 Å². The molecule has 214 valence electrons. The topological polar surface area (TPSA) is 133 Å². The molecule has 3 aromatic carbocycles. The Hall–Kier alpha value is -4.80. The van der Waals surface area contributed by atoms with Crippen LogP contribution in [0.3, 0.4) is 0 Å². The van der Waals surface area contributed by atoms with Gasteiger partial charge in [-0.25, -0.2) is 4.98 Å². The summed E-state index contributed by atoms with van der Waals surface area (Å²) < 4.78 is 0. The quantitative estimate of drug-likeness (QED) is 0.181. The first-order valence-corrected chi connectivity index (χ1v) is 14.4. The first-order chi connectivity index (χ1) is 20.2. The maximum Gasteiger partial charge on any atom is 0.284 e. The number of H-pyrrole nitrogens is 1. The van der Waals surface area contributed by atoms with Crippen molar-refractivity contribution in [2.75, 3.05) is 26.0 Å². The SMILES string of the molecule is Cc1c(NC(=O)c2nccs2)cccc1-c1ccc(C(N)=O)c2[nH]c(-c3ccccc3CNC(=O)CCN(C)C)cc12. The van der Waals surface area contributed by atoms with E-state index in [4.69, 9.17) is 5.73 Å². The van der Waals surface area contributed by atoms with E-state index in [1.807, 2.05) is 80.5 Å². The lowest BCUT2D eigenvalue weighted by atomic mass is 9.94. The molecule has 0 fully saturated rings. The van der Waals surface area contributed by atoms with Gasteiger partial charge in [-0.15, -0.1) is 11.3 Å². The van der Waals surface area contributed by atoms with Crippen molar-refractivity contribution < 1.29 is 14.4 Å². The predicted molar refractivity (Wildman–Crippen MR) is 168 cm³/mol. The first kappa shape index (κ1) is 28.7. The van der Waals surface area contributed by atoms with E-state index in [0.29, 0.717) is 41.3 Å². The number of aromatic amines is 1. The molecule has 0 aliphatic heterocycles. The Balaban J connectivity index is 1.53. The zero-order valence-electron chi connectivity index (χ0n) is 23.7. The zero-order chi connectivity index (χ0) is 29.8. The highest BCUT2D eigenvalue weighted by Gasteiger charge is 2.19. The molecule has 0 aliphatic carbocycles. The first-order valence-electron chi connectivity index (χ1n) is 13.5. The van der Waals surface area contributed by atoms with Gasteiger partial charge in [0.15, 0.2) is 5.01 Å². The molecule has 5 N–H and O–H groups in total. The van der Waals surface area contributed by atoms with Crippen molar-refractivity contribution in [3.05, 3.63) is 93.9 Å². The number of nitrogens with two attached hydrogens (primary N) is 1. The van der Waals surface area contributed by atoms with E-state index in [0.717, 1.165) is 38.9 Å². The smallest absolute Gasteiger partial charge is 0.284 e. The highest BCUT2D eigenvalue weighted by Crippen LogP contribution is 2.38. The van der Waals surface area contributed by atoms with E-state index < -0.39 is 5.91 Å². The van der Waals surface area contributed by atoms with Crippen molar-refractivity contribution in [3.63, 3.8) is 0 Å². The van der Waals surface area contributed by atoms with Crippen LogP contribution in [0.25, 0.3) is 33.3 Å². The lowest BCUT2D eigenvalue weighted by molar-refractivity contribution is -0.121. The molecule has 0 bridgehead atoms. The lowest BCUT2D eigenvalue weighted by Crippen LogP contribution is -2.27. The van der Waals surface area contributed by atoms with Crippen LogP contribution in [0.4, 0.5) is 5.69 Å². The molecule has 2 aromatic heterocycles. The lowest BCUT2D eigenvalue weighted by Gasteiger charge is -2.14. The summed E-state index contributed by atoms with van der Waals surface area (Å²) >= 11 is 1.28. The Morgan fingerprint density at radius 1 is 1.00 bits per heavy atom. The third kappa shape index (κ3) is 6.09. The largest absolute Gasteiger partial charge is 0.366 e. The Labute approximate surface area is 247 Å². The van der Waals surface area contributed by atoms with Crippen LogP contribution in [0.1, 0.15) is 37.7 Å². The summed E-state index contributed by atoms with van der Waals surface area (Å²) in [5, 5.41) is 8.94. The van der Waals surface area contributed by atoms with Crippen LogP contribution >= 0.6 is 11.3 Å². The second-order valence-electron chi connectivity index (χ2n) is 10.3. The van der Waals surface area contributed by atoms with Crippen molar-refractivity contribution in [1.82, 2.24) is 20.2 Å². The molecular weight excluding hydrogens is 548 g/mol. The minimum Gasteiger partial charge on any atom is -0.366 e. The molecule has 9 nitrogen and oxygen atoms in total. The number of fused-ring (bicyclic) bond motifs is 1. The van der Waals surface area contributed by atoms with Gasteiger partial charge < -0.3 is 26.3 Å². The number of hydrogen-bond donors (Lipinski definition) is 4. The average molecular weight is 581 g/mol. The molecule has 0 atom stereocenters. The highest BCUT2D eigenvalue weighted by molar-refractivity contribution is 7.11. The van der Waals surface area contributed by atoms with Crippen molar-refractivity contribution in [1.29, 1.82) is 0 Å². The fourth-order valence-corrected chi connectivity index (χ4v) is 5.45. The van der Waals surface area contributed by atoms with Crippen molar-refractivity contribution in [3.8, 4) is 22.4 Å². The molecular formula is C32H32N6O3S. The number of anilines is 1. The summed E-state index contributed by atoms with van der Waals surface area (Å²) in [6, 6.07) is 19.2. The van der Waals surface area contributed by atoms with Gasteiger partial charge in [0.2, 0.25) is 5.91 Å². The summed E-state index contributed by atoms with van der Waals surface area (Å²) in [4.78, 5) is 47.0. The highest BCUT2D eigenvalue weighted by atomic mass is 32.1. The summed E-state index contributed by atoms with van der Waals surface area (Å²) in [6.45, 7) is 2.99. The van der Waals surface area contributed by atoms with E-state index >= 15 is 0 Å². The van der Waals surface area contributed by atoms with E-state index in [2.05, 4.69) is 20.6 Å². The molecule has 42 heavy (non-hydrogen) atoms. The standard InChI is InChI=1S/C32H32N6O3S/c1-19-21(9-6-10-26(19)37-31(41)32-34-14-16-42-32)23-11-12-24(30(33)40)29-25(23)17-27(36-29)22-8-5-4-7-20(22)18-35-28(39)13-15-38(2)3/h4-12,14,16-17,36H,13,15,18H2,1-3H3,(H2,33,40)(H,35,39)(H,37,41). The Bertz CT molecular complexity index is 1770. The minimum atomic E-state index is -0.539. The molecule has 0 unspecified atom stereocenters. The van der Waals surface area contributed by atoms with E-state index in [9.17, 15) is 14.4 Å². The molecule has 5 aromatic rings. The van der Waals surface area contributed by atoms with Crippen LogP contribution in [0, 0.1) is 6.92 Å². The van der Waals surface area contributed by atoms with Gasteiger partial charge in [0, 0.05) is 53.4 Å². The number of thiazole rings is 1. The normalized spacial score (nSPS) is 11.1. The van der Waals surface area contributed by atoms with Gasteiger partial charge in [-0.3, -0.25) is 14.4 Å². The fourth-order valence-electron chi connectivity index (χ4n) is 4.92. The molecule has 0 saturated heterocycles. The molecule has 0 spiro atoms. The Morgan fingerprint density at radius 2 is 1.79 bits per heavy atom. The number of benzene rings is 3. The fraction of sp³-hybridized carbons (Fsp3) is 0.188. The molecule has 3 amide bonds. The maximum atomic E-state index is 12.7. The summed E-state index contributed by atoms with van der Waals surface area (Å²) in [6.07, 6.45) is 2.01. The van der Waals surface area contributed by atoms with Crippen LogP contribution in [-0.4, -0.2) is 53.2 Å². The van der Waals surface area contributed by atoms with Crippen molar-refractivity contribution in [2.45, 2.75) is 19.9 Å². The summed E-state index contributed by atoms with van der Waals surface area (Å²) in [5.74, 6) is -0.831. The number of carbonyl (C=O) groups is 3. The second-order valence-corrected chi connectivity index (χ2v) is 11.1. The number of hydrogen-bond acceptors (Lipinski definition) is 6. The molecule has 5 rings (SSSR count). The third-order valence-electron chi connectivity index (χ3n) is 7.13. The predicted octanol–water partition coefficient (Wildman–Crippen LogP) is 5.19. The van der Waals surface area contributed by atoms with Crippen LogP contribution in [0.5, 0.6) is 0 Å². The van der Waals surface area contributed by atoms with Gasteiger partial charge in [-0.1, -0.05) is 42.5 Å². The number of amides is 3. The number of aromatic nitrogens is 2. The third-order valence-corrected chi connectivity index (χ3v) is 7.90. The molecule has 0 aliphatic rings. The molecule has 2 heterocycles. The van der Waals surface area contributed by atoms with Crippen molar-refractivity contribution in [2.24, 2.45) is 5.73 Å². The minimum absolute atomic E-state index is 0.0224. The number of primary amides is 1. The van der Waals surface area contributed by atoms with Crippen LogP contribution in [0.2, 0.25) is 0 Å². The van der Waals surface area contributed by atoms with Crippen LogP contribution in [-0.2, 0) is 11.3 Å².